The van der Waals surface area contributed by atoms with Crippen LogP contribution in [0, 0.1) is 5.82 Å². The Balaban J connectivity index is 1.95. The zero-order chi connectivity index (χ0) is 15.3. The molecule has 0 unspecified atom stereocenters. The van der Waals surface area contributed by atoms with Crippen molar-refractivity contribution in [1.29, 1.82) is 0 Å². The van der Waals surface area contributed by atoms with Crippen molar-refractivity contribution in [2.24, 2.45) is 5.73 Å². The molecule has 112 valence electrons. The van der Waals surface area contributed by atoms with Crippen LogP contribution in [-0.2, 0) is 23.0 Å². The summed E-state index contributed by atoms with van der Waals surface area (Å²) >= 11 is 0. The molecule has 1 heterocycles. The number of hydrogen-bond donors (Lipinski definition) is 2. The summed E-state index contributed by atoms with van der Waals surface area (Å²) in [5.41, 5.74) is 6.89. The number of nitrogens with one attached hydrogen (secondary N) is 1. The molecule has 5 nitrogen and oxygen atoms in total. The van der Waals surface area contributed by atoms with Crippen molar-refractivity contribution in [2.45, 2.75) is 17.9 Å². The van der Waals surface area contributed by atoms with Gasteiger partial charge in [0, 0.05) is 19.3 Å². The lowest BCUT2D eigenvalue weighted by Gasteiger charge is -2.07. The van der Waals surface area contributed by atoms with Gasteiger partial charge in [-0.15, -0.1) is 0 Å². The monoisotopic (exact) mass is 309 g/mol. The molecule has 3 N–H and O–H groups in total. The Bertz CT molecular complexity index is 685. The lowest BCUT2D eigenvalue weighted by Crippen LogP contribution is -2.26. The standard InChI is InChI=1S/C14H16FN3O2S/c15-12-3-1-11(2-4-12)7-8-18-21(19,20)14-6-5-13(9-16)17-10-14/h1-6,10,18H,7-9,16H2. The molecular weight excluding hydrogens is 293 g/mol. The van der Waals surface area contributed by atoms with Gasteiger partial charge in [-0.25, -0.2) is 17.5 Å². The fourth-order valence-corrected chi connectivity index (χ4v) is 2.73. The van der Waals surface area contributed by atoms with Crippen LogP contribution in [0.3, 0.4) is 0 Å². The van der Waals surface area contributed by atoms with Gasteiger partial charge < -0.3 is 5.73 Å². The van der Waals surface area contributed by atoms with Crippen LogP contribution in [0.1, 0.15) is 11.3 Å². The normalized spacial score (nSPS) is 11.5. The van der Waals surface area contributed by atoms with Gasteiger partial charge in [-0.2, -0.15) is 0 Å². The van der Waals surface area contributed by atoms with Gasteiger partial charge in [0.1, 0.15) is 10.7 Å². The van der Waals surface area contributed by atoms with Crippen molar-refractivity contribution in [3.05, 3.63) is 59.7 Å². The fraction of sp³-hybridized carbons (Fsp3) is 0.214. The van der Waals surface area contributed by atoms with Crippen molar-refractivity contribution in [3.8, 4) is 0 Å². The smallest absolute Gasteiger partial charge is 0.242 e. The minimum absolute atomic E-state index is 0.0961. The minimum Gasteiger partial charge on any atom is -0.325 e. The van der Waals surface area contributed by atoms with E-state index in [1.165, 1.54) is 24.4 Å². The molecule has 21 heavy (non-hydrogen) atoms. The van der Waals surface area contributed by atoms with Crippen molar-refractivity contribution < 1.29 is 12.8 Å². The number of nitrogens with zero attached hydrogens (tertiary/aromatic N) is 1. The average molecular weight is 309 g/mol. The Morgan fingerprint density at radius 3 is 2.43 bits per heavy atom. The Morgan fingerprint density at radius 1 is 1.14 bits per heavy atom. The summed E-state index contributed by atoms with van der Waals surface area (Å²) in [5.74, 6) is -0.314. The van der Waals surface area contributed by atoms with Crippen LogP contribution in [0.5, 0.6) is 0 Å². The quantitative estimate of drug-likeness (QED) is 0.839. The highest BCUT2D eigenvalue weighted by molar-refractivity contribution is 7.89. The second-order valence-corrected chi connectivity index (χ2v) is 6.23. The van der Waals surface area contributed by atoms with E-state index in [1.54, 1.807) is 18.2 Å². The van der Waals surface area contributed by atoms with Gasteiger partial charge in [-0.3, -0.25) is 4.98 Å². The van der Waals surface area contributed by atoms with E-state index in [9.17, 15) is 12.8 Å². The van der Waals surface area contributed by atoms with E-state index >= 15 is 0 Å². The molecule has 1 aromatic carbocycles. The van der Waals surface area contributed by atoms with E-state index in [2.05, 4.69) is 9.71 Å². The second-order valence-electron chi connectivity index (χ2n) is 4.46. The van der Waals surface area contributed by atoms with E-state index < -0.39 is 10.0 Å². The van der Waals surface area contributed by atoms with Crippen LogP contribution in [0.2, 0.25) is 0 Å². The molecule has 0 bridgehead atoms. The van der Waals surface area contributed by atoms with Crippen molar-refractivity contribution >= 4 is 10.0 Å². The first-order valence-corrected chi connectivity index (χ1v) is 7.89. The Morgan fingerprint density at radius 2 is 1.86 bits per heavy atom. The van der Waals surface area contributed by atoms with Gasteiger partial charge in [0.25, 0.3) is 0 Å². The number of nitrogens with two attached hydrogens (primary N) is 1. The third-order valence-electron chi connectivity index (χ3n) is 2.94. The zero-order valence-corrected chi connectivity index (χ0v) is 12.1. The molecule has 7 heteroatoms. The number of benzene rings is 1. The molecule has 2 rings (SSSR count). The molecule has 0 aliphatic rings. The number of sulfonamides is 1. The van der Waals surface area contributed by atoms with Crippen molar-refractivity contribution in [3.63, 3.8) is 0 Å². The lowest BCUT2D eigenvalue weighted by atomic mass is 10.1. The molecule has 0 spiro atoms. The molecule has 0 amide bonds. The fourth-order valence-electron chi connectivity index (χ4n) is 1.75. The zero-order valence-electron chi connectivity index (χ0n) is 11.3. The predicted octanol–water partition coefficient (Wildman–Crippen LogP) is 1.20. The topological polar surface area (TPSA) is 85.1 Å². The van der Waals surface area contributed by atoms with Gasteiger partial charge in [0.15, 0.2) is 0 Å². The van der Waals surface area contributed by atoms with Crippen LogP contribution >= 0.6 is 0 Å². The predicted molar refractivity (Wildman–Crippen MR) is 77.4 cm³/mol. The van der Waals surface area contributed by atoms with E-state index in [0.29, 0.717) is 12.1 Å². The molecule has 0 aliphatic heterocycles. The maximum absolute atomic E-state index is 12.8. The van der Waals surface area contributed by atoms with E-state index in [0.717, 1.165) is 5.56 Å². The van der Waals surface area contributed by atoms with Crippen LogP contribution in [0.4, 0.5) is 4.39 Å². The Kier molecular flexibility index (Phi) is 5.00. The molecule has 0 saturated heterocycles. The summed E-state index contributed by atoms with van der Waals surface area (Å²) in [6.45, 7) is 0.491. The van der Waals surface area contributed by atoms with Gasteiger partial charge in [0.2, 0.25) is 10.0 Å². The van der Waals surface area contributed by atoms with Gasteiger partial charge in [-0.1, -0.05) is 12.1 Å². The average Bonchev–Trinajstić information content (AvgIpc) is 2.49. The van der Waals surface area contributed by atoms with Crippen LogP contribution in [0.15, 0.2) is 47.5 Å². The van der Waals surface area contributed by atoms with Crippen LogP contribution < -0.4 is 10.5 Å². The summed E-state index contributed by atoms with van der Waals surface area (Å²) in [5, 5.41) is 0. The largest absolute Gasteiger partial charge is 0.325 e. The summed E-state index contributed by atoms with van der Waals surface area (Å²) in [6, 6.07) is 8.99. The minimum atomic E-state index is -3.59. The maximum atomic E-state index is 12.8. The van der Waals surface area contributed by atoms with Crippen LogP contribution in [0.25, 0.3) is 0 Å². The first-order valence-electron chi connectivity index (χ1n) is 6.40. The number of aromatic nitrogens is 1. The second kappa shape index (κ2) is 6.75. The summed E-state index contributed by atoms with van der Waals surface area (Å²) in [6.07, 6.45) is 1.76. The molecular formula is C14H16FN3O2S. The third kappa shape index (κ3) is 4.32. The van der Waals surface area contributed by atoms with E-state index in [1.807, 2.05) is 0 Å². The summed E-state index contributed by atoms with van der Waals surface area (Å²) < 4.78 is 39.3. The summed E-state index contributed by atoms with van der Waals surface area (Å²) in [7, 11) is -3.59. The number of halogens is 1. The first kappa shape index (κ1) is 15.6. The highest BCUT2D eigenvalue weighted by Gasteiger charge is 2.13. The molecule has 0 atom stereocenters. The third-order valence-corrected chi connectivity index (χ3v) is 4.38. The van der Waals surface area contributed by atoms with Crippen LogP contribution in [-0.4, -0.2) is 19.9 Å². The van der Waals surface area contributed by atoms with E-state index in [-0.39, 0.29) is 23.8 Å². The molecule has 1 aromatic heterocycles. The molecule has 0 saturated carbocycles. The van der Waals surface area contributed by atoms with Gasteiger partial charge in [-0.05, 0) is 36.2 Å². The first-order chi connectivity index (χ1) is 10.0. The molecule has 0 aliphatic carbocycles. The highest BCUT2D eigenvalue weighted by Crippen LogP contribution is 2.08. The number of hydrogen-bond acceptors (Lipinski definition) is 4. The number of pyridine rings is 1. The summed E-state index contributed by atoms with van der Waals surface area (Å²) in [4.78, 5) is 4.05. The highest BCUT2D eigenvalue weighted by atomic mass is 32.2. The maximum Gasteiger partial charge on any atom is 0.242 e. The molecule has 2 aromatic rings. The SMILES string of the molecule is NCc1ccc(S(=O)(=O)NCCc2ccc(F)cc2)cn1. The van der Waals surface area contributed by atoms with Gasteiger partial charge in [0.05, 0.1) is 5.69 Å². The Hall–Kier alpha value is -1.83. The van der Waals surface area contributed by atoms with Crippen molar-refractivity contribution in [1.82, 2.24) is 9.71 Å². The van der Waals surface area contributed by atoms with Crippen molar-refractivity contribution in [2.75, 3.05) is 6.54 Å². The van der Waals surface area contributed by atoms with Gasteiger partial charge >= 0.3 is 0 Å². The van der Waals surface area contributed by atoms with E-state index in [4.69, 9.17) is 5.73 Å². The molecule has 0 fully saturated rings. The number of rotatable bonds is 6. The molecule has 0 radical (unpaired) electrons. The Labute approximate surface area is 123 Å². The lowest BCUT2D eigenvalue weighted by molar-refractivity contribution is 0.581.